The molecule has 0 N–H and O–H groups in total. The Balaban J connectivity index is -0.000000137. The highest BCUT2D eigenvalue weighted by Crippen LogP contribution is 2.21. The van der Waals surface area contributed by atoms with Gasteiger partial charge in [-0.05, 0) is 12.3 Å². The van der Waals surface area contributed by atoms with Gasteiger partial charge < -0.3 is 0 Å². The number of hydrogen-bond donors (Lipinski definition) is 0. The molecular weight excluding hydrogens is 144 g/mol. The molecular formula is C12H28. The molecule has 76 valence electrons. The molecule has 0 heterocycles. The fraction of sp³-hybridized carbons (Fsp3) is 0.833. The molecule has 0 aromatic carbocycles. The van der Waals surface area contributed by atoms with E-state index in [-0.39, 0.29) is 0 Å². The van der Waals surface area contributed by atoms with Crippen molar-refractivity contribution >= 4 is 0 Å². The molecule has 0 heteroatoms. The molecule has 0 saturated carbocycles. The molecule has 0 atom stereocenters. The van der Waals surface area contributed by atoms with Gasteiger partial charge in [-0.25, -0.2) is 0 Å². The van der Waals surface area contributed by atoms with Crippen molar-refractivity contribution < 1.29 is 0 Å². The molecule has 0 aliphatic heterocycles. The van der Waals surface area contributed by atoms with E-state index in [0.717, 1.165) is 0 Å². The molecule has 0 aliphatic carbocycles. The van der Waals surface area contributed by atoms with Crippen LogP contribution in [0.5, 0.6) is 0 Å². The van der Waals surface area contributed by atoms with Gasteiger partial charge in [0.05, 0.1) is 0 Å². The summed E-state index contributed by atoms with van der Waals surface area (Å²) in [6.07, 6.45) is 1.25. The van der Waals surface area contributed by atoms with E-state index < -0.39 is 0 Å². The van der Waals surface area contributed by atoms with Crippen molar-refractivity contribution in [2.24, 2.45) is 5.41 Å². The standard InChI is InChI=1S/C7H14.C3H8.C2H6/c1-6(2)7(3,4)5;1-3-2;1-2/h1H2,2-5H3;3H2,1-2H3;1-2H3. The molecule has 0 rings (SSSR count). The highest BCUT2D eigenvalue weighted by atomic mass is 14.1. The Morgan fingerprint density at radius 2 is 1.17 bits per heavy atom. The summed E-state index contributed by atoms with van der Waals surface area (Å²) in [7, 11) is 0. The Bertz CT molecular complexity index is 82.7. The van der Waals surface area contributed by atoms with Crippen LogP contribution in [0.4, 0.5) is 0 Å². The molecule has 0 aromatic heterocycles. The van der Waals surface area contributed by atoms with E-state index in [9.17, 15) is 0 Å². The van der Waals surface area contributed by atoms with Crippen molar-refractivity contribution in [3.63, 3.8) is 0 Å². The van der Waals surface area contributed by atoms with Crippen LogP contribution in [-0.4, -0.2) is 0 Å². The molecule has 0 saturated heterocycles. The summed E-state index contributed by atoms with van der Waals surface area (Å²) in [5.41, 5.74) is 1.55. The average molecular weight is 172 g/mol. The van der Waals surface area contributed by atoms with Crippen LogP contribution in [0.15, 0.2) is 12.2 Å². The molecule has 0 fully saturated rings. The lowest BCUT2D eigenvalue weighted by Crippen LogP contribution is -2.04. The van der Waals surface area contributed by atoms with Gasteiger partial charge in [-0.15, -0.1) is 0 Å². The van der Waals surface area contributed by atoms with Gasteiger partial charge in [-0.3, -0.25) is 0 Å². The summed E-state index contributed by atoms with van der Waals surface area (Å²) in [6.45, 7) is 20.6. The summed E-state index contributed by atoms with van der Waals surface area (Å²) < 4.78 is 0. The molecule has 0 bridgehead atoms. The molecule has 0 spiro atoms. The van der Waals surface area contributed by atoms with Gasteiger partial charge in [0.25, 0.3) is 0 Å². The third-order valence-corrected chi connectivity index (χ3v) is 1.28. The average Bonchev–Trinajstić information content (AvgIpc) is 1.91. The smallest absolute Gasteiger partial charge is 0.0178 e. The summed E-state index contributed by atoms with van der Waals surface area (Å²) in [5.74, 6) is 0. The number of allylic oxidation sites excluding steroid dienone is 1. The van der Waals surface area contributed by atoms with E-state index in [0.29, 0.717) is 5.41 Å². The zero-order valence-corrected chi connectivity index (χ0v) is 10.4. The first-order chi connectivity index (χ1) is 5.36. The SMILES string of the molecule is C=C(C)C(C)(C)C.CC.CCC. The minimum absolute atomic E-state index is 0.306. The Labute approximate surface area is 80.1 Å². The summed E-state index contributed by atoms with van der Waals surface area (Å²) in [4.78, 5) is 0. The Morgan fingerprint density at radius 3 is 1.17 bits per heavy atom. The van der Waals surface area contributed by atoms with Crippen molar-refractivity contribution in [2.75, 3.05) is 0 Å². The second-order valence-corrected chi connectivity index (χ2v) is 3.74. The third kappa shape index (κ3) is 22.6. The number of rotatable bonds is 0. The van der Waals surface area contributed by atoms with E-state index in [1.54, 1.807) is 0 Å². The topological polar surface area (TPSA) is 0 Å². The molecule has 0 aliphatic rings. The fourth-order valence-corrected chi connectivity index (χ4v) is 0. The second-order valence-electron chi connectivity index (χ2n) is 3.74. The van der Waals surface area contributed by atoms with E-state index in [1.165, 1.54) is 12.0 Å². The van der Waals surface area contributed by atoms with Crippen LogP contribution in [0.1, 0.15) is 61.8 Å². The predicted molar refractivity (Wildman–Crippen MR) is 61.6 cm³/mol. The Morgan fingerprint density at radius 1 is 1.08 bits per heavy atom. The predicted octanol–water partition coefficient (Wildman–Crippen LogP) is 5.05. The van der Waals surface area contributed by atoms with Crippen LogP contribution >= 0.6 is 0 Å². The largest absolute Gasteiger partial charge is 0.0996 e. The van der Waals surface area contributed by atoms with Crippen molar-refractivity contribution in [1.82, 2.24) is 0 Å². The molecule has 12 heavy (non-hydrogen) atoms. The van der Waals surface area contributed by atoms with Crippen molar-refractivity contribution in [3.05, 3.63) is 12.2 Å². The highest BCUT2D eigenvalue weighted by Gasteiger charge is 2.08. The van der Waals surface area contributed by atoms with E-state index >= 15 is 0 Å². The molecule has 0 amide bonds. The van der Waals surface area contributed by atoms with Crippen LogP contribution in [-0.2, 0) is 0 Å². The number of hydrogen-bond acceptors (Lipinski definition) is 0. The maximum absolute atomic E-state index is 3.83. The lowest BCUT2D eigenvalue weighted by atomic mass is 9.89. The zero-order valence-electron chi connectivity index (χ0n) is 10.4. The van der Waals surface area contributed by atoms with E-state index in [4.69, 9.17) is 0 Å². The van der Waals surface area contributed by atoms with Crippen LogP contribution < -0.4 is 0 Å². The molecule has 0 aromatic rings. The minimum atomic E-state index is 0.306. The van der Waals surface area contributed by atoms with Gasteiger partial charge in [0.2, 0.25) is 0 Å². The normalized spacial score (nSPS) is 8.67. The summed E-state index contributed by atoms with van der Waals surface area (Å²) >= 11 is 0. The van der Waals surface area contributed by atoms with Gasteiger partial charge in [0, 0.05) is 0 Å². The highest BCUT2D eigenvalue weighted by molar-refractivity contribution is 4.99. The van der Waals surface area contributed by atoms with Crippen molar-refractivity contribution in [3.8, 4) is 0 Å². The first-order valence-corrected chi connectivity index (χ1v) is 5.02. The monoisotopic (exact) mass is 172 g/mol. The Hall–Kier alpha value is -0.260. The maximum Gasteiger partial charge on any atom is -0.0178 e. The van der Waals surface area contributed by atoms with Crippen LogP contribution in [0, 0.1) is 5.41 Å². The lowest BCUT2D eigenvalue weighted by molar-refractivity contribution is 0.506. The summed E-state index contributed by atoms with van der Waals surface area (Å²) in [5, 5.41) is 0. The van der Waals surface area contributed by atoms with Gasteiger partial charge in [0.15, 0.2) is 0 Å². The lowest BCUT2D eigenvalue weighted by Gasteiger charge is -2.16. The second kappa shape index (κ2) is 10.7. The van der Waals surface area contributed by atoms with Crippen LogP contribution in [0.2, 0.25) is 0 Å². The summed E-state index contributed by atoms with van der Waals surface area (Å²) in [6, 6.07) is 0. The van der Waals surface area contributed by atoms with Crippen molar-refractivity contribution in [2.45, 2.75) is 61.8 Å². The van der Waals surface area contributed by atoms with Gasteiger partial charge in [-0.1, -0.05) is 67.0 Å². The third-order valence-electron chi connectivity index (χ3n) is 1.28. The van der Waals surface area contributed by atoms with Gasteiger partial charge in [-0.2, -0.15) is 0 Å². The van der Waals surface area contributed by atoms with Gasteiger partial charge >= 0.3 is 0 Å². The zero-order chi connectivity index (χ0) is 10.8. The quantitative estimate of drug-likeness (QED) is 0.448. The maximum atomic E-state index is 3.83. The van der Waals surface area contributed by atoms with Gasteiger partial charge in [0.1, 0.15) is 0 Å². The molecule has 0 nitrogen and oxygen atoms in total. The minimum Gasteiger partial charge on any atom is -0.0996 e. The van der Waals surface area contributed by atoms with Crippen LogP contribution in [0.25, 0.3) is 0 Å². The fourth-order valence-electron chi connectivity index (χ4n) is 0. The van der Waals surface area contributed by atoms with Crippen LogP contribution in [0.3, 0.4) is 0 Å². The Kier molecular flexibility index (Phi) is 15.9. The van der Waals surface area contributed by atoms with E-state index in [1.807, 2.05) is 13.8 Å². The molecule has 0 unspecified atom stereocenters. The first kappa shape index (κ1) is 17.7. The first-order valence-electron chi connectivity index (χ1n) is 5.02. The molecule has 0 radical (unpaired) electrons. The van der Waals surface area contributed by atoms with E-state index in [2.05, 4.69) is 48.1 Å². The van der Waals surface area contributed by atoms with Crippen molar-refractivity contribution in [1.29, 1.82) is 0 Å².